The molecule has 0 nitrogen and oxygen atoms in total. The summed E-state index contributed by atoms with van der Waals surface area (Å²) in [6.07, 6.45) is 0. The molecule has 6 rings (SSSR count). The molecule has 41 heavy (non-hydrogen) atoms. The molecule has 0 saturated carbocycles. The molecule has 0 atom stereocenters. The van der Waals surface area contributed by atoms with E-state index < -0.39 is 40.4 Å². The standard InChI is InChI=1S/6C6H5.2BrH.Pt.2Sb/c6*1-2-4-6-5-3-1;;;;;/h6*1-5H;2*1H;;;/q;;;;;;;;+2;;/p-2. The van der Waals surface area contributed by atoms with Crippen molar-refractivity contribution in [3.63, 3.8) is 0 Å². The van der Waals surface area contributed by atoms with Crippen LogP contribution in [-0.4, -0.2) is 40.4 Å². The molecule has 0 amide bonds. The summed E-state index contributed by atoms with van der Waals surface area (Å²) in [6.45, 7) is 0. The molecule has 6 aromatic rings. The van der Waals surface area contributed by atoms with Gasteiger partial charge in [0, 0.05) is 0 Å². The van der Waals surface area contributed by atoms with Crippen LogP contribution in [0.4, 0.5) is 0 Å². The van der Waals surface area contributed by atoms with Gasteiger partial charge in [-0.15, -0.1) is 0 Å². The van der Waals surface area contributed by atoms with Crippen molar-refractivity contribution in [2.75, 3.05) is 0 Å². The van der Waals surface area contributed by atoms with Crippen LogP contribution < -0.4 is 21.1 Å². The van der Waals surface area contributed by atoms with Crippen LogP contribution in [0.3, 0.4) is 0 Å². The van der Waals surface area contributed by atoms with Crippen LogP contribution in [0.2, 0.25) is 0 Å². The molecule has 0 spiro atoms. The van der Waals surface area contributed by atoms with E-state index in [2.05, 4.69) is 209 Å². The van der Waals surface area contributed by atoms with Gasteiger partial charge >= 0.3 is 285 Å². The molecule has 208 valence electrons. The Kier molecular flexibility index (Phi) is 15.1. The van der Waals surface area contributed by atoms with Gasteiger partial charge in [0.2, 0.25) is 0 Å². The zero-order chi connectivity index (χ0) is 28.5. The van der Waals surface area contributed by atoms with Crippen molar-refractivity contribution in [3.05, 3.63) is 182 Å². The number of hydrogen-bond donors (Lipinski definition) is 0. The summed E-state index contributed by atoms with van der Waals surface area (Å²) in [5.74, 6) is 0. The van der Waals surface area contributed by atoms with Crippen LogP contribution in [0.5, 0.6) is 0 Å². The molecule has 5 heteroatoms. The van der Waals surface area contributed by atoms with Gasteiger partial charge < -0.3 is 0 Å². The molecular formula is C36H30Br2PtSb2. The third-order valence-electron chi connectivity index (χ3n) is 6.09. The van der Waals surface area contributed by atoms with Crippen molar-refractivity contribution in [3.8, 4) is 0 Å². The molecule has 0 unspecified atom stereocenters. The van der Waals surface area contributed by atoms with Crippen molar-refractivity contribution < 1.29 is 14.5 Å². The molecular weight excluding hydrogens is 1030 g/mol. The van der Waals surface area contributed by atoms with Crippen LogP contribution in [0.25, 0.3) is 0 Å². The van der Waals surface area contributed by atoms with E-state index in [0.29, 0.717) is 0 Å². The zero-order valence-corrected chi connectivity index (χ0v) is 32.8. The Bertz CT molecular complexity index is 1200. The Labute approximate surface area is 281 Å². The van der Waals surface area contributed by atoms with Gasteiger partial charge in [0.25, 0.3) is 0 Å². The second-order valence-electron chi connectivity index (χ2n) is 8.73. The van der Waals surface area contributed by atoms with Gasteiger partial charge in [-0.2, -0.15) is 0 Å². The van der Waals surface area contributed by atoms with Crippen LogP contribution in [0.1, 0.15) is 0 Å². The van der Waals surface area contributed by atoms with E-state index in [4.69, 9.17) is 0 Å². The Hall–Kier alpha value is -1.40. The van der Waals surface area contributed by atoms with Gasteiger partial charge in [0.15, 0.2) is 0 Å². The quantitative estimate of drug-likeness (QED) is 0.178. The van der Waals surface area contributed by atoms with Gasteiger partial charge in [-0.05, 0) is 0 Å². The zero-order valence-electron chi connectivity index (χ0n) is 22.3. The first kappa shape index (κ1) is 32.5. The Morgan fingerprint density at radius 3 is 0.512 bits per heavy atom. The van der Waals surface area contributed by atoms with E-state index in [1.165, 1.54) is 21.1 Å². The second kappa shape index (κ2) is 19.0. The number of halogens is 2. The van der Waals surface area contributed by atoms with Crippen molar-refractivity contribution in [2.45, 2.75) is 0 Å². The Morgan fingerprint density at radius 2 is 0.390 bits per heavy atom. The third-order valence-corrected chi connectivity index (χ3v) is 20.0. The third kappa shape index (κ3) is 10.4. The number of rotatable bonds is 6. The minimum absolute atomic E-state index is 0.208. The number of hydrogen-bond acceptors (Lipinski definition) is 0. The molecule has 0 fully saturated rings. The van der Waals surface area contributed by atoms with Gasteiger partial charge in [-0.3, -0.25) is 0 Å². The van der Waals surface area contributed by atoms with Crippen LogP contribution in [0.15, 0.2) is 182 Å². The molecule has 0 aromatic heterocycles. The van der Waals surface area contributed by atoms with Crippen LogP contribution in [-0.2, 0) is 14.5 Å². The summed E-state index contributed by atoms with van der Waals surface area (Å²) >= 11 is 2.90. The monoisotopic (exact) mass is 1060 g/mol. The van der Waals surface area contributed by atoms with Crippen molar-refractivity contribution in [2.24, 2.45) is 0 Å². The van der Waals surface area contributed by atoms with E-state index in [1.807, 2.05) is 0 Å². The van der Waals surface area contributed by atoms with Gasteiger partial charge in [-0.1, -0.05) is 0 Å². The molecule has 0 saturated heterocycles. The first-order valence-electron chi connectivity index (χ1n) is 13.0. The molecule has 0 heterocycles. The number of benzene rings is 6. The SMILES string of the molecule is [Br][Pt][Br].c1cc[c]([Sb]([c]2ccccc2)[c]2ccccc2)cc1.c1cc[c]([Sb]([c]2ccccc2)[c]2ccccc2)cc1. The summed E-state index contributed by atoms with van der Waals surface area (Å²) < 4.78 is 9.10. The van der Waals surface area contributed by atoms with Crippen molar-refractivity contribution in [1.29, 1.82) is 0 Å². The normalized spacial score (nSPS) is 10.3. The topological polar surface area (TPSA) is 0 Å². The summed E-state index contributed by atoms with van der Waals surface area (Å²) in [4.78, 5) is 0. The van der Waals surface area contributed by atoms with Gasteiger partial charge in [0.05, 0.1) is 0 Å². The van der Waals surface area contributed by atoms with Crippen molar-refractivity contribution in [1.82, 2.24) is 0 Å². The van der Waals surface area contributed by atoms with E-state index in [0.717, 1.165) is 0 Å². The first-order chi connectivity index (χ1) is 20.3. The molecule has 0 bridgehead atoms. The summed E-state index contributed by atoms with van der Waals surface area (Å²) in [6, 6.07) is 65.8. The van der Waals surface area contributed by atoms with Gasteiger partial charge in [0.1, 0.15) is 0 Å². The van der Waals surface area contributed by atoms with E-state index in [-0.39, 0.29) is 14.5 Å². The summed E-state index contributed by atoms with van der Waals surface area (Å²) in [5, 5.41) is 0. The molecule has 6 aromatic carbocycles. The van der Waals surface area contributed by atoms with Crippen LogP contribution in [0, 0.1) is 0 Å². The fourth-order valence-corrected chi connectivity index (χ4v) is 17.5. The maximum absolute atomic E-state index is 3.17. The van der Waals surface area contributed by atoms with E-state index in [1.54, 1.807) is 0 Å². The van der Waals surface area contributed by atoms with E-state index >= 15 is 0 Å². The molecule has 0 radical (unpaired) electrons. The molecule has 0 aliphatic heterocycles. The van der Waals surface area contributed by atoms with Crippen molar-refractivity contribution >= 4 is 88.1 Å². The maximum atomic E-state index is 3.17. The molecule has 0 N–H and O–H groups in total. The predicted molar refractivity (Wildman–Crippen MR) is 186 cm³/mol. The Balaban J connectivity index is 0.000000173. The average molecular weight is 1060 g/mol. The first-order valence-corrected chi connectivity index (χ1v) is 30.6. The van der Waals surface area contributed by atoms with Gasteiger partial charge in [-0.25, -0.2) is 0 Å². The average Bonchev–Trinajstić information content (AvgIpc) is 3.05. The minimum atomic E-state index is -1.83. The summed E-state index contributed by atoms with van der Waals surface area (Å²) in [5.41, 5.74) is 0. The fraction of sp³-hybridized carbons (Fsp3) is 0. The second-order valence-corrected chi connectivity index (χ2v) is 31.3. The predicted octanol–water partition coefficient (Wildman–Crippen LogP) is 6.09. The van der Waals surface area contributed by atoms with E-state index in [9.17, 15) is 0 Å². The summed E-state index contributed by atoms with van der Waals surface area (Å²) in [7, 11) is 0. The molecule has 0 aliphatic rings. The Morgan fingerprint density at radius 1 is 0.268 bits per heavy atom. The fourth-order valence-electron chi connectivity index (χ4n) is 4.36. The molecule has 0 aliphatic carbocycles. The van der Waals surface area contributed by atoms with Crippen LogP contribution >= 0.6 is 26.6 Å².